The first-order valence-electron chi connectivity index (χ1n) is 12.6. The number of nitrogen functional groups attached to an aromatic ring is 1. The lowest BCUT2D eigenvalue weighted by atomic mass is 10.0. The van der Waals surface area contributed by atoms with Crippen LogP contribution < -0.4 is 16.0 Å². The van der Waals surface area contributed by atoms with Gasteiger partial charge in [0.15, 0.2) is 0 Å². The molecule has 2 amide bonds. The fourth-order valence-electron chi connectivity index (χ4n) is 4.25. The number of rotatable bonds is 11. The summed E-state index contributed by atoms with van der Waals surface area (Å²) in [6, 6.07) is 9.37. The van der Waals surface area contributed by atoms with Crippen LogP contribution in [-0.2, 0) is 9.63 Å². The van der Waals surface area contributed by atoms with Gasteiger partial charge in [-0.25, -0.2) is 9.97 Å². The van der Waals surface area contributed by atoms with Crippen molar-refractivity contribution < 1.29 is 14.4 Å². The fraction of sp³-hybridized carbons (Fsp3) is 0.423. The molecule has 196 valence electrons. The van der Waals surface area contributed by atoms with Crippen LogP contribution in [0.4, 0.5) is 11.6 Å². The van der Waals surface area contributed by atoms with Crippen molar-refractivity contribution in [1.82, 2.24) is 20.2 Å². The molecule has 1 aromatic carbocycles. The number of likely N-dealkylation sites (N-methyl/N-ethyl adjacent to an activating group) is 1. The van der Waals surface area contributed by atoms with E-state index in [-0.39, 0.29) is 17.8 Å². The van der Waals surface area contributed by atoms with E-state index >= 15 is 0 Å². The molecule has 37 heavy (non-hydrogen) atoms. The summed E-state index contributed by atoms with van der Waals surface area (Å²) < 4.78 is 0. The Morgan fingerprint density at radius 2 is 1.97 bits per heavy atom. The van der Waals surface area contributed by atoms with Crippen molar-refractivity contribution in [2.45, 2.75) is 33.6 Å². The maximum atomic E-state index is 12.5. The van der Waals surface area contributed by atoms with E-state index in [1.165, 1.54) is 11.3 Å². The molecular formula is C26H33N7O3S. The normalized spacial score (nSPS) is 14.1. The third kappa shape index (κ3) is 6.05. The number of aromatic nitrogens is 2. The van der Waals surface area contributed by atoms with Crippen LogP contribution in [0.5, 0.6) is 0 Å². The SMILES string of the molecule is CCNC(=O)c1cc2c(/C(=N\OCCN(CC)CC)c3ccc(N4CCCC4=O)cc3)nc(N)nc2s1. The Bertz CT molecular complexity index is 1290. The minimum atomic E-state index is -0.177. The third-order valence-corrected chi connectivity index (χ3v) is 7.30. The lowest BCUT2D eigenvalue weighted by molar-refractivity contribution is -0.117. The second-order valence-electron chi connectivity index (χ2n) is 8.62. The lowest BCUT2D eigenvalue weighted by Gasteiger charge is -2.17. The number of hydrogen-bond donors (Lipinski definition) is 2. The third-order valence-electron chi connectivity index (χ3n) is 6.27. The van der Waals surface area contributed by atoms with Crippen molar-refractivity contribution in [2.24, 2.45) is 5.16 Å². The molecule has 1 aliphatic heterocycles. The van der Waals surface area contributed by atoms with Crippen LogP contribution in [0, 0.1) is 0 Å². The average Bonchev–Trinajstić information content (AvgIpc) is 3.52. The van der Waals surface area contributed by atoms with E-state index in [4.69, 9.17) is 10.6 Å². The Hall–Kier alpha value is -3.57. The Morgan fingerprint density at radius 1 is 1.22 bits per heavy atom. The van der Waals surface area contributed by atoms with E-state index in [9.17, 15) is 9.59 Å². The Kier molecular flexibility index (Phi) is 8.67. The van der Waals surface area contributed by atoms with Gasteiger partial charge in [0.25, 0.3) is 5.91 Å². The summed E-state index contributed by atoms with van der Waals surface area (Å²) in [5, 5.41) is 7.99. The van der Waals surface area contributed by atoms with Crippen molar-refractivity contribution in [2.75, 3.05) is 50.0 Å². The molecule has 0 radical (unpaired) electrons. The first-order valence-corrected chi connectivity index (χ1v) is 13.5. The summed E-state index contributed by atoms with van der Waals surface area (Å²) in [6.45, 7) is 10.3. The quantitative estimate of drug-likeness (QED) is 0.224. The number of nitrogens with one attached hydrogen (secondary N) is 1. The van der Waals surface area contributed by atoms with E-state index in [0.717, 1.165) is 37.3 Å². The monoisotopic (exact) mass is 523 g/mol. The molecule has 3 N–H and O–H groups in total. The summed E-state index contributed by atoms with van der Waals surface area (Å²) >= 11 is 1.25. The van der Waals surface area contributed by atoms with Gasteiger partial charge in [0, 0.05) is 42.7 Å². The number of carbonyl (C=O) groups excluding carboxylic acids is 2. The lowest BCUT2D eigenvalue weighted by Crippen LogP contribution is -2.26. The smallest absolute Gasteiger partial charge is 0.261 e. The first-order chi connectivity index (χ1) is 17.9. The van der Waals surface area contributed by atoms with E-state index in [2.05, 4.69) is 39.2 Å². The number of benzene rings is 1. The highest BCUT2D eigenvalue weighted by atomic mass is 32.1. The Balaban J connectivity index is 1.73. The second-order valence-corrected chi connectivity index (χ2v) is 9.65. The molecule has 2 aromatic heterocycles. The number of hydrogen-bond acceptors (Lipinski definition) is 9. The molecule has 10 nitrogen and oxygen atoms in total. The van der Waals surface area contributed by atoms with Gasteiger partial charge in [-0.15, -0.1) is 11.3 Å². The summed E-state index contributed by atoms with van der Waals surface area (Å²) in [5.41, 5.74) is 8.64. The molecule has 0 unspecified atom stereocenters. The van der Waals surface area contributed by atoms with Gasteiger partial charge < -0.3 is 25.7 Å². The number of oxime groups is 1. The maximum absolute atomic E-state index is 12.5. The van der Waals surface area contributed by atoms with Crippen molar-refractivity contribution in [3.8, 4) is 0 Å². The number of amides is 2. The second kappa shape index (κ2) is 12.1. The maximum Gasteiger partial charge on any atom is 0.261 e. The molecule has 1 saturated heterocycles. The Labute approximate surface area is 220 Å². The number of nitrogens with two attached hydrogens (primary N) is 1. The number of carbonyl (C=O) groups is 2. The van der Waals surface area contributed by atoms with Crippen LogP contribution in [0.3, 0.4) is 0 Å². The highest BCUT2D eigenvalue weighted by Gasteiger charge is 2.23. The van der Waals surface area contributed by atoms with Gasteiger partial charge in [0.05, 0.1) is 4.88 Å². The van der Waals surface area contributed by atoms with Crippen LogP contribution in [0.15, 0.2) is 35.5 Å². The fourth-order valence-corrected chi connectivity index (χ4v) is 5.21. The average molecular weight is 524 g/mol. The summed E-state index contributed by atoms with van der Waals surface area (Å²) in [4.78, 5) is 44.5. The van der Waals surface area contributed by atoms with Crippen LogP contribution >= 0.6 is 11.3 Å². The molecule has 0 saturated carbocycles. The van der Waals surface area contributed by atoms with Crippen LogP contribution in [0.1, 0.15) is 54.5 Å². The van der Waals surface area contributed by atoms with Crippen molar-refractivity contribution in [3.05, 3.63) is 46.5 Å². The van der Waals surface area contributed by atoms with Crippen LogP contribution in [0.2, 0.25) is 0 Å². The minimum absolute atomic E-state index is 0.0851. The van der Waals surface area contributed by atoms with Gasteiger partial charge in [0.1, 0.15) is 22.8 Å². The van der Waals surface area contributed by atoms with Crippen molar-refractivity contribution >= 4 is 50.7 Å². The topological polar surface area (TPSA) is 126 Å². The molecular weight excluding hydrogens is 490 g/mol. The zero-order valence-corrected chi connectivity index (χ0v) is 22.3. The van der Waals surface area contributed by atoms with E-state index < -0.39 is 0 Å². The number of thiophene rings is 1. The number of fused-ring (bicyclic) bond motifs is 1. The first kappa shape index (κ1) is 26.5. The van der Waals surface area contributed by atoms with Crippen molar-refractivity contribution in [1.29, 1.82) is 0 Å². The Morgan fingerprint density at radius 3 is 2.62 bits per heavy atom. The molecule has 0 atom stereocenters. The standard InChI is InChI=1S/C26H33N7O3S/c1-4-28-24(35)20-16-19-23(29-26(27)30-25(19)37-20)22(31-36-15-14-32(5-2)6-3)17-9-11-18(12-10-17)33-13-7-8-21(33)34/h9-12,16H,4-8,13-15H2,1-3H3,(H,28,35)(H2,27,29,30)/b31-22-. The van der Waals surface area contributed by atoms with Crippen LogP contribution in [-0.4, -0.2) is 71.7 Å². The zero-order valence-electron chi connectivity index (χ0n) is 21.5. The largest absolute Gasteiger partial charge is 0.394 e. The van der Waals surface area contributed by atoms with Crippen molar-refractivity contribution in [3.63, 3.8) is 0 Å². The molecule has 11 heteroatoms. The van der Waals surface area contributed by atoms with Gasteiger partial charge in [-0.05, 0) is 44.6 Å². The van der Waals surface area contributed by atoms with E-state index in [0.29, 0.717) is 52.6 Å². The predicted molar refractivity (Wildman–Crippen MR) is 147 cm³/mol. The molecule has 1 fully saturated rings. The molecule has 0 spiro atoms. The van der Waals surface area contributed by atoms with E-state index in [1.54, 1.807) is 11.0 Å². The van der Waals surface area contributed by atoms with Gasteiger partial charge in [-0.2, -0.15) is 0 Å². The zero-order chi connectivity index (χ0) is 26.4. The number of nitrogens with zero attached hydrogens (tertiary/aromatic N) is 5. The highest BCUT2D eigenvalue weighted by Crippen LogP contribution is 2.29. The summed E-state index contributed by atoms with van der Waals surface area (Å²) in [7, 11) is 0. The highest BCUT2D eigenvalue weighted by molar-refractivity contribution is 7.20. The van der Waals surface area contributed by atoms with Gasteiger partial charge in [-0.3, -0.25) is 9.59 Å². The van der Waals surface area contributed by atoms with Gasteiger partial charge >= 0.3 is 0 Å². The van der Waals surface area contributed by atoms with Crippen LogP contribution in [0.25, 0.3) is 10.2 Å². The number of anilines is 2. The van der Waals surface area contributed by atoms with Gasteiger partial charge in [-0.1, -0.05) is 31.1 Å². The molecule has 4 rings (SSSR count). The van der Waals surface area contributed by atoms with E-state index in [1.807, 2.05) is 31.2 Å². The summed E-state index contributed by atoms with van der Waals surface area (Å²) in [5.74, 6) is 0.0355. The predicted octanol–water partition coefficient (Wildman–Crippen LogP) is 3.26. The molecule has 1 aliphatic rings. The minimum Gasteiger partial charge on any atom is -0.394 e. The van der Waals surface area contributed by atoms with Gasteiger partial charge in [0.2, 0.25) is 11.9 Å². The molecule has 3 heterocycles. The summed E-state index contributed by atoms with van der Waals surface area (Å²) in [6.07, 6.45) is 1.43. The molecule has 0 aliphatic carbocycles. The molecule has 0 bridgehead atoms. The molecule has 3 aromatic rings.